The molecule has 0 saturated carbocycles. The quantitative estimate of drug-likeness (QED) is 0.159. The van der Waals surface area contributed by atoms with Gasteiger partial charge >= 0.3 is 23.9 Å². The zero-order valence-corrected chi connectivity index (χ0v) is 30.9. The third-order valence-corrected chi connectivity index (χ3v) is 10.8. The first kappa shape index (κ1) is 36.7. The zero-order chi connectivity index (χ0) is 38.4. The van der Waals surface area contributed by atoms with Crippen molar-refractivity contribution in [2.45, 2.75) is 58.8 Å². The standard InChI is InChI=1S/C41H42N4O8/c1-9-23-20(2)28-16-29-21(3)24(11-14-36(46)51-6)31(42-29)18-32-25(12-15-37(47)52-7)22(4)30(43-32)17-34-27-13-10-26(39(48)49)38(40(50)53-8)41(27,5)35(45-34)19-33(23)44-28/h9-10,13,16-19,38,42,44H,1,11-12,14-15H2,2-8H3,(H,48,49)/t38-,41+/m0/s1. The van der Waals surface area contributed by atoms with E-state index >= 15 is 0 Å². The van der Waals surface area contributed by atoms with Crippen molar-refractivity contribution in [3.05, 3.63) is 93.6 Å². The molecule has 0 spiro atoms. The van der Waals surface area contributed by atoms with E-state index in [1.54, 1.807) is 12.2 Å². The number of hydrogen-bond donors (Lipinski definition) is 3. The first-order chi connectivity index (χ1) is 25.3. The number of rotatable bonds is 9. The number of aromatic amines is 2. The van der Waals surface area contributed by atoms with Crippen LogP contribution in [-0.4, -0.2) is 70.2 Å². The molecule has 3 aromatic heterocycles. The molecule has 1 aliphatic carbocycles. The Morgan fingerprint density at radius 2 is 1.47 bits per heavy atom. The molecule has 3 N–H and O–H groups in total. The van der Waals surface area contributed by atoms with Crippen LogP contribution in [0.5, 0.6) is 0 Å². The number of H-pyrrole nitrogens is 2. The molecule has 6 rings (SSSR count). The van der Waals surface area contributed by atoms with Gasteiger partial charge in [-0.15, -0.1) is 0 Å². The highest BCUT2D eigenvalue weighted by molar-refractivity contribution is 6.01. The Morgan fingerprint density at radius 3 is 2.11 bits per heavy atom. The van der Waals surface area contributed by atoms with Gasteiger partial charge in [-0.05, 0) is 98.2 Å². The van der Waals surface area contributed by atoms with Gasteiger partial charge in [-0.3, -0.25) is 19.4 Å². The van der Waals surface area contributed by atoms with Gasteiger partial charge in [0.2, 0.25) is 0 Å². The fraction of sp³-hybridized carbons (Fsp3) is 0.317. The highest BCUT2D eigenvalue weighted by Crippen LogP contribution is 2.52. The number of carboxylic acid groups (broad SMARTS) is 1. The molecule has 0 fully saturated rings. The fourth-order valence-corrected chi connectivity index (χ4v) is 7.67. The number of carbonyl (C=O) groups excluding carboxylic acids is 3. The maximum absolute atomic E-state index is 13.5. The van der Waals surface area contributed by atoms with Gasteiger partial charge in [0, 0.05) is 40.5 Å². The van der Waals surface area contributed by atoms with E-state index in [4.69, 9.17) is 24.2 Å². The van der Waals surface area contributed by atoms with Crippen LogP contribution in [0.2, 0.25) is 0 Å². The average Bonchev–Trinajstić information content (AvgIpc) is 3.79. The Labute approximate surface area is 306 Å². The van der Waals surface area contributed by atoms with Crippen molar-refractivity contribution in [3.8, 4) is 0 Å². The number of nitrogens with zero attached hydrogens (tertiary/aromatic N) is 2. The number of aromatic nitrogens is 4. The third kappa shape index (κ3) is 6.28. The molecule has 0 saturated heterocycles. The van der Waals surface area contributed by atoms with Crippen LogP contribution in [0.1, 0.15) is 78.1 Å². The lowest BCUT2D eigenvalue weighted by molar-refractivity contribution is -0.148. The van der Waals surface area contributed by atoms with Crippen molar-refractivity contribution in [2.24, 2.45) is 5.92 Å². The van der Waals surface area contributed by atoms with Crippen molar-refractivity contribution in [3.63, 3.8) is 0 Å². The number of nitrogens with one attached hydrogen (secondary N) is 2. The van der Waals surface area contributed by atoms with Crippen molar-refractivity contribution >= 4 is 68.7 Å². The van der Waals surface area contributed by atoms with Gasteiger partial charge < -0.3 is 29.3 Å². The Balaban J connectivity index is 1.76. The zero-order valence-electron chi connectivity index (χ0n) is 30.9. The van der Waals surface area contributed by atoms with Gasteiger partial charge in [-0.25, -0.2) is 9.78 Å². The smallest absolute Gasteiger partial charge is 0.332 e. The lowest BCUT2D eigenvalue weighted by atomic mass is 9.64. The van der Waals surface area contributed by atoms with Gasteiger partial charge in [0.05, 0.1) is 55.1 Å². The molecule has 5 heterocycles. The number of carboxylic acids is 1. The van der Waals surface area contributed by atoms with Crippen LogP contribution >= 0.6 is 0 Å². The van der Waals surface area contributed by atoms with Gasteiger partial charge in [0.25, 0.3) is 0 Å². The molecule has 3 aromatic rings. The number of fused-ring (bicyclic) bond motifs is 11. The maximum Gasteiger partial charge on any atom is 0.332 e. The molecule has 12 nitrogen and oxygen atoms in total. The Morgan fingerprint density at radius 1 is 0.811 bits per heavy atom. The lowest BCUT2D eigenvalue weighted by Gasteiger charge is -2.36. The largest absolute Gasteiger partial charge is 0.478 e. The van der Waals surface area contributed by atoms with E-state index in [2.05, 4.69) is 16.5 Å². The highest BCUT2D eigenvalue weighted by Gasteiger charge is 2.53. The summed E-state index contributed by atoms with van der Waals surface area (Å²) in [7, 11) is 3.95. The van der Waals surface area contributed by atoms with Crippen LogP contribution in [0.15, 0.2) is 48.6 Å². The lowest BCUT2D eigenvalue weighted by Crippen LogP contribution is -2.42. The maximum atomic E-state index is 13.5. The predicted octanol–water partition coefficient (Wildman–Crippen LogP) is 6.72. The number of allylic oxidation sites excluding steroid dienone is 5. The SMILES string of the molecule is C=Cc1c(C)c2cc3[nH]c(cc4nc(cc5nc(cc1[nH]2)[C@@]1(C)C5=CC=C(C(=O)O)[C@H]1C(=O)OC)C(C)=C4CCC(=O)OC)c(CCC(=O)OC)c3C. The summed E-state index contributed by atoms with van der Waals surface area (Å²) in [6, 6.07) is 7.59. The summed E-state index contributed by atoms with van der Waals surface area (Å²) < 4.78 is 15.1. The molecule has 3 aliphatic rings. The molecular weight excluding hydrogens is 676 g/mol. The van der Waals surface area contributed by atoms with Crippen molar-refractivity contribution < 1.29 is 38.5 Å². The number of hydrogen-bond acceptors (Lipinski definition) is 9. The van der Waals surface area contributed by atoms with Crippen LogP contribution in [0.4, 0.5) is 0 Å². The minimum Gasteiger partial charge on any atom is -0.478 e. The fourth-order valence-electron chi connectivity index (χ4n) is 7.67. The Kier molecular flexibility index (Phi) is 9.83. The van der Waals surface area contributed by atoms with E-state index in [0.717, 1.165) is 50.0 Å². The van der Waals surface area contributed by atoms with E-state index in [9.17, 15) is 24.3 Å². The molecule has 12 heteroatoms. The number of aliphatic carboxylic acids is 1. The molecule has 0 aromatic carbocycles. The van der Waals surface area contributed by atoms with E-state index in [1.807, 2.05) is 52.0 Å². The monoisotopic (exact) mass is 718 g/mol. The molecule has 274 valence electrons. The summed E-state index contributed by atoms with van der Waals surface area (Å²) in [5.41, 5.74) is 9.69. The Hall–Kier alpha value is -6.04. The van der Waals surface area contributed by atoms with Crippen molar-refractivity contribution in [2.75, 3.05) is 21.3 Å². The average molecular weight is 719 g/mol. The number of ether oxygens (including phenoxy) is 3. The minimum absolute atomic E-state index is 0.109. The molecule has 2 atom stereocenters. The van der Waals surface area contributed by atoms with Crippen LogP contribution in [0.25, 0.3) is 44.9 Å². The molecule has 53 heavy (non-hydrogen) atoms. The van der Waals surface area contributed by atoms with Gasteiger partial charge in [-0.1, -0.05) is 24.8 Å². The van der Waals surface area contributed by atoms with Crippen LogP contribution in [0, 0.1) is 19.8 Å². The van der Waals surface area contributed by atoms with Gasteiger partial charge in [0.15, 0.2) is 0 Å². The first-order valence-corrected chi connectivity index (χ1v) is 17.2. The minimum atomic E-state index is -1.24. The molecule has 0 radical (unpaired) electrons. The van der Waals surface area contributed by atoms with Crippen LogP contribution in [-0.2, 0) is 45.2 Å². The van der Waals surface area contributed by atoms with E-state index in [0.29, 0.717) is 46.7 Å². The molecule has 8 bridgehead atoms. The first-order valence-electron chi connectivity index (χ1n) is 17.2. The predicted molar refractivity (Wildman–Crippen MR) is 201 cm³/mol. The summed E-state index contributed by atoms with van der Waals surface area (Å²) in [5.74, 6) is -3.84. The Bertz CT molecular complexity index is 2370. The van der Waals surface area contributed by atoms with E-state index in [1.165, 1.54) is 27.4 Å². The molecule has 0 unspecified atom stereocenters. The summed E-state index contributed by atoms with van der Waals surface area (Å²) in [6.45, 7) is 11.8. The van der Waals surface area contributed by atoms with Crippen molar-refractivity contribution in [1.82, 2.24) is 19.9 Å². The summed E-state index contributed by atoms with van der Waals surface area (Å²) in [4.78, 5) is 67.9. The van der Waals surface area contributed by atoms with E-state index in [-0.39, 0.29) is 30.4 Å². The number of esters is 3. The number of carbonyl (C=O) groups is 4. The summed E-state index contributed by atoms with van der Waals surface area (Å²) in [6.07, 6.45) is 5.94. The van der Waals surface area contributed by atoms with Crippen LogP contribution in [0.3, 0.4) is 0 Å². The molecular formula is C41H42N4O8. The second-order valence-electron chi connectivity index (χ2n) is 13.5. The van der Waals surface area contributed by atoms with Gasteiger partial charge in [-0.2, -0.15) is 0 Å². The number of aryl methyl sites for hydroxylation is 3. The number of methoxy groups -OCH3 is 3. The third-order valence-electron chi connectivity index (χ3n) is 10.8. The van der Waals surface area contributed by atoms with Crippen molar-refractivity contribution in [1.29, 1.82) is 0 Å². The highest BCUT2D eigenvalue weighted by atomic mass is 16.5. The molecule has 0 amide bonds. The summed E-state index contributed by atoms with van der Waals surface area (Å²) in [5, 5.41) is 10.2. The summed E-state index contributed by atoms with van der Waals surface area (Å²) >= 11 is 0. The van der Waals surface area contributed by atoms with Crippen LogP contribution < -0.4 is 0 Å². The van der Waals surface area contributed by atoms with Gasteiger partial charge in [0.1, 0.15) is 5.92 Å². The molecule has 2 aliphatic heterocycles. The second kappa shape index (κ2) is 14.2. The normalized spacial score (nSPS) is 17.8. The second-order valence-corrected chi connectivity index (χ2v) is 13.5. The topological polar surface area (TPSA) is 174 Å². The van der Waals surface area contributed by atoms with E-state index < -0.39 is 23.3 Å².